The van der Waals surface area contributed by atoms with Crippen LogP contribution in [0.15, 0.2) is 65.6 Å². The van der Waals surface area contributed by atoms with Crippen molar-refractivity contribution in [2.75, 3.05) is 0 Å². The molecule has 0 spiro atoms. The fraction of sp³-hybridized carbons (Fsp3) is 0.381. The van der Waals surface area contributed by atoms with Gasteiger partial charge in [-0.15, -0.1) is 11.8 Å². The monoisotopic (exact) mass is 358 g/mol. The molecule has 0 aromatic heterocycles. The number of hydrogen-bond donors (Lipinski definition) is 1. The molecular formula is C21H26O3S. The van der Waals surface area contributed by atoms with Gasteiger partial charge in [0.1, 0.15) is 5.60 Å². The summed E-state index contributed by atoms with van der Waals surface area (Å²) < 4.78 is 5.59. The van der Waals surface area contributed by atoms with Crippen molar-refractivity contribution in [3.05, 3.63) is 66.2 Å². The summed E-state index contributed by atoms with van der Waals surface area (Å²) in [5, 5.41) is 10.7. The van der Waals surface area contributed by atoms with Gasteiger partial charge in [0.25, 0.3) is 0 Å². The van der Waals surface area contributed by atoms with Gasteiger partial charge < -0.3 is 9.84 Å². The highest BCUT2D eigenvalue weighted by atomic mass is 32.2. The van der Waals surface area contributed by atoms with E-state index in [2.05, 4.69) is 0 Å². The molecule has 0 aliphatic rings. The summed E-state index contributed by atoms with van der Waals surface area (Å²) in [6, 6.07) is 19.2. The van der Waals surface area contributed by atoms with Gasteiger partial charge in [0.2, 0.25) is 0 Å². The quantitative estimate of drug-likeness (QED) is 0.592. The van der Waals surface area contributed by atoms with E-state index in [-0.39, 0.29) is 11.2 Å². The van der Waals surface area contributed by atoms with Crippen LogP contribution in [-0.4, -0.2) is 21.9 Å². The number of carbonyl (C=O) groups is 1. The van der Waals surface area contributed by atoms with Gasteiger partial charge in [0.05, 0.1) is 12.0 Å². The molecule has 4 heteroatoms. The normalized spacial score (nSPS) is 15.2. The summed E-state index contributed by atoms with van der Waals surface area (Å²) in [4.78, 5) is 13.9. The molecule has 0 aliphatic carbocycles. The molecule has 0 saturated heterocycles. The van der Waals surface area contributed by atoms with Crippen molar-refractivity contribution in [3.63, 3.8) is 0 Å². The molecular weight excluding hydrogens is 332 g/mol. The lowest BCUT2D eigenvalue weighted by Gasteiger charge is -2.30. The number of carbonyl (C=O) groups excluding carboxylic acids is 1. The van der Waals surface area contributed by atoms with Crippen molar-refractivity contribution in [2.45, 2.75) is 49.5 Å². The van der Waals surface area contributed by atoms with Gasteiger partial charge >= 0.3 is 5.97 Å². The Labute approximate surface area is 154 Å². The van der Waals surface area contributed by atoms with Crippen LogP contribution in [0, 0.1) is 5.92 Å². The van der Waals surface area contributed by atoms with Gasteiger partial charge in [0, 0.05) is 10.1 Å². The number of benzene rings is 2. The largest absolute Gasteiger partial charge is 0.460 e. The minimum absolute atomic E-state index is 0.146. The lowest BCUT2D eigenvalue weighted by Crippen LogP contribution is -2.36. The maximum Gasteiger partial charge on any atom is 0.313 e. The summed E-state index contributed by atoms with van der Waals surface area (Å²) in [6.45, 7) is 7.47. The SMILES string of the molecule is C[C@H](Sc1ccccc1)[C@@H](C(=O)OC(C)(C)C)[C@@H](O)c1ccccc1. The van der Waals surface area contributed by atoms with Crippen LogP contribution in [0.2, 0.25) is 0 Å². The summed E-state index contributed by atoms with van der Waals surface area (Å²) in [5.74, 6) is -1.04. The number of thioether (sulfide) groups is 1. The highest BCUT2D eigenvalue weighted by molar-refractivity contribution is 8.00. The van der Waals surface area contributed by atoms with E-state index >= 15 is 0 Å². The lowest BCUT2D eigenvalue weighted by molar-refractivity contribution is -0.164. The predicted octanol–water partition coefficient (Wildman–Crippen LogP) is 4.86. The highest BCUT2D eigenvalue weighted by Gasteiger charge is 2.36. The van der Waals surface area contributed by atoms with Crippen LogP contribution in [-0.2, 0) is 9.53 Å². The van der Waals surface area contributed by atoms with Gasteiger partial charge in [-0.25, -0.2) is 0 Å². The summed E-state index contributed by atoms with van der Waals surface area (Å²) in [7, 11) is 0. The second kappa shape index (κ2) is 8.54. The molecule has 25 heavy (non-hydrogen) atoms. The van der Waals surface area contributed by atoms with Crippen molar-refractivity contribution in [2.24, 2.45) is 5.92 Å². The lowest BCUT2D eigenvalue weighted by atomic mass is 9.93. The maximum atomic E-state index is 12.8. The molecule has 134 valence electrons. The molecule has 3 atom stereocenters. The number of aliphatic hydroxyl groups is 1. The zero-order valence-corrected chi connectivity index (χ0v) is 16.0. The molecule has 0 radical (unpaired) electrons. The number of hydrogen-bond acceptors (Lipinski definition) is 4. The van der Waals surface area contributed by atoms with E-state index in [1.165, 1.54) is 0 Å². The number of esters is 1. The van der Waals surface area contributed by atoms with Crippen LogP contribution in [0.3, 0.4) is 0 Å². The predicted molar refractivity (Wildman–Crippen MR) is 102 cm³/mol. The number of aliphatic hydroxyl groups excluding tert-OH is 1. The average molecular weight is 359 g/mol. The summed E-state index contributed by atoms with van der Waals surface area (Å²) >= 11 is 1.57. The summed E-state index contributed by atoms with van der Waals surface area (Å²) in [6.07, 6.45) is -0.915. The topological polar surface area (TPSA) is 46.5 Å². The van der Waals surface area contributed by atoms with Crippen LogP contribution in [0.5, 0.6) is 0 Å². The molecule has 0 saturated carbocycles. The molecule has 0 amide bonds. The first-order valence-corrected chi connectivity index (χ1v) is 9.33. The van der Waals surface area contributed by atoms with Gasteiger partial charge in [-0.3, -0.25) is 4.79 Å². The van der Waals surface area contributed by atoms with Crippen LogP contribution in [0.4, 0.5) is 0 Å². The fourth-order valence-electron chi connectivity index (χ4n) is 2.59. The van der Waals surface area contributed by atoms with Gasteiger partial charge in [-0.1, -0.05) is 55.5 Å². The van der Waals surface area contributed by atoms with Gasteiger partial charge in [-0.05, 0) is 38.5 Å². The van der Waals surface area contributed by atoms with E-state index in [1.54, 1.807) is 11.8 Å². The Balaban J connectivity index is 2.26. The fourth-order valence-corrected chi connectivity index (χ4v) is 3.74. The Hall–Kier alpha value is -1.78. The van der Waals surface area contributed by atoms with Crippen LogP contribution in [0.25, 0.3) is 0 Å². The zero-order valence-electron chi connectivity index (χ0n) is 15.2. The van der Waals surface area contributed by atoms with Gasteiger partial charge in [0.15, 0.2) is 0 Å². The van der Waals surface area contributed by atoms with E-state index in [0.717, 1.165) is 10.5 Å². The third-order valence-corrected chi connectivity index (χ3v) is 4.94. The third kappa shape index (κ3) is 5.91. The Morgan fingerprint density at radius 3 is 2.04 bits per heavy atom. The average Bonchev–Trinajstić information content (AvgIpc) is 2.55. The molecule has 0 heterocycles. The Morgan fingerprint density at radius 2 is 1.52 bits per heavy atom. The minimum Gasteiger partial charge on any atom is -0.460 e. The van der Waals surface area contributed by atoms with Crippen LogP contribution >= 0.6 is 11.8 Å². The highest BCUT2D eigenvalue weighted by Crippen LogP contribution is 2.36. The molecule has 0 aliphatic heterocycles. The summed E-state index contributed by atoms with van der Waals surface area (Å²) in [5.41, 5.74) is 0.127. The molecule has 0 unspecified atom stereocenters. The first-order chi connectivity index (χ1) is 11.8. The molecule has 0 fully saturated rings. The minimum atomic E-state index is -0.915. The van der Waals surface area contributed by atoms with Crippen molar-refractivity contribution in [3.8, 4) is 0 Å². The van der Waals surface area contributed by atoms with Crippen LogP contribution in [0.1, 0.15) is 39.4 Å². The van der Waals surface area contributed by atoms with E-state index < -0.39 is 17.6 Å². The molecule has 3 nitrogen and oxygen atoms in total. The zero-order chi connectivity index (χ0) is 18.4. The van der Waals surface area contributed by atoms with Crippen LogP contribution < -0.4 is 0 Å². The molecule has 2 aromatic carbocycles. The Kier molecular flexibility index (Phi) is 6.68. The number of ether oxygens (including phenoxy) is 1. The first-order valence-electron chi connectivity index (χ1n) is 8.45. The first kappa shape index (κ1) is 19.5. The Bertz CT molecular complexity index is 665. The molecule has 2 rings (SSSR count). The van der Waals surface area contributed by atoms with Crippen molar-refractivity contribution in [1.82, 2.24) is 0 Å². The number of rotatable bonds is 6. The van der Waals surface area contributed by atoms with Crippen molar-refractivity contribution >= 4 is 17.7 Å². The second-order valence-corrected chi connectivity index (χ2v) is 8.50. The Morgan fingerprint density at radius 1 is 1.00 bits per heavy atom. The molecule has 1 N–H and O–H groups in total. The van der Waals surface area contributed by atoms with E-state index in [1.807, 2.05) is 88.4 Å². The van der Waals surface area contributed by atoms with Crippen molar-refractivity contribution < 1.29 is 14.6 Å². The molecule has 2 aromatic rings. The van der Waals surface area contributed by atoms with Gasteiger partial charge in [-0.2, -0.15) is 0 Å². The third-order valence-electron chi connectivity index (χ3n) is 3.73. The molecule has 0 bridgehead atoms. The standard InChI is InChI=1S/C21H26O3S/c1-15(25-17-13-9-6-10-14-17)18(20(23)24-21(2,3)4)19(22)16-11-7-5-8-12-16/h5-15,18-19,22H,1-4H3/t15-,18+,19-/m0/s1. The second-order valence-electron chi connectivity index (χ2n) is 7.05. The van der Waals surface area contributed by atoms with E-state index in [9.17, 15) is 9.90 Å². The van der Waals surface area contributed by atoms with Crippen molar-refractivity contribution in [1.29, 1.82) is 0 Å². The van der Waals surface area contributed by atoms with E-state index in [0.29, 0.717) is 0 Å². The maximum absolute atomic E-state index is 12.8. The smallest absolute Gasteiger partial charge is 0.313 e. The van der Waals surface area contributed by atoms with E-state index in [4.69, 9.17) is 4.74 Å².